The van der Waals surface area contributed by atoms with Gasteiger partial charge in [-0.25, -0.2) is 0 Å². The van der Waals surface area contributed by atoms with Crippen molar-refractivity contribution in [1.82, 2.24) is 0 Å². The summed E-state index contributed by atoms with van der Waals surface area (Å²) in [5, 5.41) is 2.16. The molecule has 0 fully saturated rings. The van der Waals surface area contributed by atoms with Crippen molar-refractivity contribution < 1.29 is 18.0 Å². The lowest BCUT2D eigenvalue weighted by Gasteiger charge is -2.13. The van der Waals surface area contributed by atoms with E-state index >= 15 is 0 Å². The van der Waals surface area contributed by atoms with Gasteiger partial charge in [0.2, 0.25) is 5.91 Å². The van der Waals surface area contributed by atoms with E-state index in [-0.39, 0.29) is 10.7 Å². The smallest absolute Gasteiger partial charge is 0.322 e. The molecule has 0 aliphatic heterocycles. The van der Waals surface area contributed by atoms with Gasteiger partial charge in [0.15, 0.2) is 0 Å². The molecule has 0 aliphatic rings. The first kappa shape index (κ1) is 16.1. The minimum absolute atomic E-state index is 0.0508. The molecule has 6 heteroatoms. The van der Waals surface area contributed by atoms with Gasteiger partial charge in [-0.1, -0.05) is 41.9 Å². The molecule has 22 heavy (non-hydrogen) atoms. The lowest BCUT2D eigenvalue weighted by molar-refractivity contribution is -0.136. The first-order chi connectivity index (χ1) is 10.4. The Morgan fingerprint density at radius 2 is 1.77 bits per heavy atom. The molecule has 0 heterocycles. The zero-order valence-electron chi connectivity index (χ0n) is 11.2. The summed E-state index contributed by atoms with van der Waals surface area (Å²) in [6.07, 6.45) is -1.92. The highest BCUT2D eigenvalue weighted by Crippen LogP contribution is 2.36. The molecule has 2 aromatic carbocycles. The van der Waals surface area contributed by atoms with Gasteiger partial charge in [0.05, 0.1) is 11.3 Å². The Morgan fingerprint density at radius 3 is 2.41 bits per heavy atom. The molecule has 0 spiro atoms. The normalized spacial score (nSPS) is 11.6. The standard InChI is InChI=1S/C16H11ClF3NO/c17-12-7-8-14(13(10-12)16(18,19)20)21-15(22)9-6-11-4-2-1-3-5-11/h1-10H,(H,21,22)/b9-6+. The van der Waals surface area contributed by atoms with Crippen molar-refractivity contribution >= 4 is 29.3 Å². The monoisotopic (exact) mass is 325 g/mol. The van der Waals surface area contributed by atoms with Crippen molar-refractivity contribution in [3.8, 4) is 0 Å². The van der Waals surface area contributed by atoms with E-state index in [1.807, 2.05) is 6.07 Å². The SMILES string of the molecule is O=C(/C=C/c1ccccc1)Nc1ccc(Cl)cc1C(F)(F)F. The van der Waals surface area contributed by atoms with Crippen LogP contribution in [0.4, 0.5) is 18.9 Å². The van der Waals surface area contributed by atoms with Crippen LogP contribution >= 0.6 is 11.6 Å². The fourth-order valence-electron chi connectivity index (χ4n) is 1.77. The number of nitrogens with one attached hydrogen (secondary N) is 1. The molecule has 2 rings (SSSR count). The van der Waals surface area contributed by atoms with Crippen molar-refractivity contribution in [2.24, 2.45) is 0 Å². The third kappa shape index (κ3) is 4.36. The van der Waals surface area contributed by atoms with E-state index in [2.05, 4.69) is 5.32 Å². The summed E-state index contributed by atoms with van der Waals surface area (Å²) < 4.78 is 38.7. The molecule has 2 aromatic rings. The first-order valence-corrected chi connectivity index (χ1v) is 6.65. The molecule has 1 N–H and O–H groups in total. The highest BCUT2D eigenvalue weighted by molar-refractivity contribution is 6.30. The second-order valence-electron chi connectivity index (χ2n) is 4.42. The van der Waals surface area contributed by atoms with Gasteiger partial charge >= 0.3 is 6.18 Å². The lowest BCUT2D eigenvalue weighted by Crippen LogP contribution is -2.14. The Hall–Kier alpha value is -2.27. The maximum absolute atomic E-state index is 12.9. The third-order valence-electron chi connectivity index (χ3n) is 2.77. The van der Waals surface area contributed by atoms with E-state index in [0.29, 0.717) is 0 Å². The van der Waals surface area contributed by atoms with Gasteiger partial charge in [-0.15, -0.1) is 0 Å². The fourth-order valence-corrected chi connectivity index (χ4v) is 1.94. The summed E-state index contributed by atoms with van der Waals surface area (Å²) in [7, 11) is 0. The highest BCUT2D eigenvalue weighted by atomic mass is 35.5. The molecule has 0 unspecified atom stereocenters. The molecule has 0 bridgehead atoms. The van der Waals surface area contributed by atoms with Gasteiger partial charge in [0.25, 0.3) is 0 Å². The van der Waals surface area contributed by atoms with Gasteiger partial charge in [0.1, 0.15) is 0 Å². The van der Waals surface area contributed by atoms with Crippen LogP contribution in [0.25, 0.3) is 6.08 Å². The second kappa shape index (κ2) is 6.66. The molecular formula is C16H11ClF3NO. The maximum Gasteiger partial charge on any atom is 0.418 e. The first-order valence-electron chi connectivity index (χ1n) is 6.27. The lowest BCUT2D eigenvalue weighted by atomic mass is 10.1. The molecule has 0 saturated carbocycles. The van der Waals surface area contributed by atoms with Gasteiger partial charge < -0.3 is 5.32 Å². The predicted octanol–water partition coefficient (Wildman–Crippen LogP) is 5.01. The largest absolute Gasteiger partial charge is 0.418 e. The molecule has 2 nitrogen and oxygen atoms in total. The number of alkyl halides is 3. The van der Waals surface area contributed by atoms with E-state index < -0.39 is 17.6 Å². The van der Waals surface area contributed by atoms with E-state index in [0.717, 1.165) is 17.7 Å². The summed E-state index contributed by atoms with van der Waals surface area (Å²) in [5.41, 5.74) is -0.550. The number of carbonyl (C=O) groups excluding carboxylic acids is 1. The van der Waals surface area contributed by atoms with Crippen LogP contribution in [0.3, 0.4) is 0 Å². The maximum atomic E-state index is 12.9. The van der Waals surface area contributed by atoms with Crippen molar-refractivity contribution in [2.75, 3.05) is 5.32 Å². The number of rotatable bonds is 3. The summed E-state index contributed by atoms with van der Waals surface area (Å²) in [6, 6.07) is 12.1. The molecule has 0 aliphatic carbocycles. The predicted molar refractivity (Wildman–Crippen MR) is 80.6 cm³/mol. The zero-order chi connectivity index (χ0) is 16.2. The molecule has 0 radical (unpaired) electrons. The van der Waals surface area contributed by atoms with Gasteiger partial charge in [0, 0.05) is 11.1 Å². The molecular weight excluding hydrogens is 315 g/mol. The number of hydrogen-bond acceptors (Lipinski definition) is 1. The van der Waals surface area contributed by atoms with E-state index in [4.69, 9.17) is 11.6 Å². The minimum Gasteiger partial charge on any atom is -0.322 e. The molecule has 0 saturated heterocycles. The van der Waals surface area contributed by atoms with Crippen LogP contribution in [-0.2, 0) is 11.0 Å². The van der Waals surface area contributed by atoms with Gasteiger partial charge in [-0.3, -0.25) is 4.79 Å². The van der Waals surface area contributed by atoms with Gasteiger partial charge in [-0.05, 0) is 29.8 Å². The third-order valence-corrected chi connectivity index (χ3v) is 3.01. The number of amides is 1. The molecule has 1 amide bonds. The summed E-state index contributed by atoms with van der Waals surface area (Å²) in [6.45, 7) is 0. The van der Waals surface area contributed by atoms with Crippen LogP contribution in [0.15, 0.2) is 54.6 Å². The van der Waals surface area contributed by atoms with Crippen molar-refractivity contribution in [1.29, 1.82) is 0 Å². The van der Waals surface area contributed by atoms with Gasteiger partial charge in [-0.2, -0.15) is 13.2 Å². The van der Waals surface area contributed by atoms with Crippen LogP contribution in [0.5, 0.6) is 0 Å². The van der Waals surface area contributed by atoms with Crippen LogP contribution in [0.2, 0.25) is 5.02 Å². The molecule has 0 aromatic heterocycles. The Labute approximate surface area is 130 Å². The number of benzene rings is 2. The molecule has 114 valence electrons. The van der Waals surface area contributed by atoms with Crippen molar-refractivity contribution in [3.05, 3.63) is 70.8 Å². The number of hydrogen-bond donors (Lipinski definition) is 1. The highest BCUT2D eigenvalue weighted by Gasteiger charge is 2.34. The average molecular weight is 326 g/mol. The Bertz CT molecular complexity index is 696. The Kier molecular flexibility index (Phi) is 4.88. The summed E-state index contributed by atoms with van der Waals surface area (Å²) in [5.74, 6) is -0.656. The Balaban J connectivity index is 2.17. The van der Waals surface area contributed by atoms with E-state index in [9.17, 15) is 18.0 Å². The minimum atomic E-state index is -4.60. The number of halogens is 4. The number of carbonyl (C=O) groups is 1. The summed E-state index contributed by atoms with van der Waals surface area (Å²) in [4.78, 5) is 11.8. The zero-order valence-corrected chi connectivity index (χ0v) is 11.9. The molecule has 0 atom stereocenters. The summed E-state index contributed by atoms with van der Waals surface area (Å²) >= 11 is 5.57. The van der Waals surface area contributed by atoms with Crippen LogP contribution in [-0.4, -0.2) is 5.91 Å². The van der Waals surface area contributed by atoms with Crippen LogP contribution in [0, 0.1) is 0 Å². The van der Waals surface area contributed by atoms with Crippen molar-refractivity contribution in [3.63, 3.8) is 0 Å². The Morgan fingerprint density at radius 1 is 1.09 bits per heavy atom. The van der Waals surface area contributed by atoms with Crippen molar-refractivity contribution in [2.45, 2.75) is 6.18 Å². The number of anilines is 1. The quantitative estimate of drug-likeness (QED) is 0.790. The average Bonchev–Trinajstić information content (AvgIpc) is 2.47. The van der Waals surface area contributed by atoms with Crippen LogP contribution in [0.1, 0.15) is 11.1 Å². The topological polar surface area (TPSA) is 29.1 Å². The second-order valence-corrected chi connectivity index (χ2v) is 4.86. The fraction of sp³-hybridized carbons (Fsp3) is 0.0625. The van der Waals surface area contributed by atoms with E-state index in [1.54, 1.807) is 24.3 Å². The van der Waals surface area contributed by atoms with E-state index in [1.165, 1.54) is 18.2 Å². The van der Waals surface area contributed by atoms with Crippen LogP contribution < -0.4 is 5.32 Å².